The van der Waals surface area contributed by atoms with E-state index >= 15 is 0 Å². The predicted octanol–water partition coefficient (Wildman–Crippen LogP) is 3.87. The molecule has 4 rings (SSSR count). The first-order valence-corrected chi connectivity index (χ1v) is 9.87. The van der Waals surface area contributed by atoms with Gasteiger partial charge >= 0.3 is 0 Å². The third-order valence-corrected chi connectivity index (χ3v) is 5.24. The van der Waals surface area contributed by atoms with Crippen molar-refractivity contribution in [3.63, 3.8) is 0 Å². The summed E-state index contributed by atoms with van der Waals surface area (Å²) >= 11 is 0. The van der Waals surface area contributed by atoms with Crippen LogP contribution in [0.1, 0.15) is 35.4 Å². The molecule has 9 nitrogen and oxygen atoms in total. The van der Waals surface area contributed by atoms with Crippen LogP contribution in [0.2, 0.25) is 0 Å². The van der Waals surface area contributed by atoms with Gasteiger partial charge in [0.15, 0.2) is 5.82 Å². The summed E-state index contributed by atoms with van der Waals surface area (Å²) in [6.07, 6.45) is 4.39. The number of hydrogen-bond donors (Lipinski definition) is 2. The Labute approximate surface area is 173 Å². The molecule has 1 aromatic heterocycles. The number of amides is 1. The highest BCUT2D eigenvalue weighted by atomic mass is 16.6. The maximum atomic E-state index is 12.6. The van der Waals surface area contributed by atoms with E-state index in [1.165, 1.54) is 18.6 Å². The van der Waals surface area contributed by atoms with Crippen LogP contribution in [0.5, 0.6) is 0 Å². The topological polar surface area (TPSA) is 115 Å². The van der Waals surface area contributed by atoms with E-state index in [0.29, 0.717) is 11.4 Å². The predicted molar refractivity (Wildman–Crippen MR) is 114 cm³/mol. The number of carbonyl (C=O) groups excluding carboxylic acids is 1. The van der Waals surface area contributed by atoms with Gasteiger partial charge < -0.3 is 15.2 Å². The van der Waals surface area contributed by atoms with Gasteiger partial charge in [0.2, 0.25) is 0 Å². The molecule has 1 amide bonds. The van der Waals surface area contributed by atoms with E-state index in [2.05, 4.69) is 25.4 Å². The van der Waals surface area contributed by atoms with Crippen molar-refractivity contribution in [2.24, 2.45) is 0 Å². The van der Waals surface area contributed by atoms with Crippen LogP contribution in [0.4, 0.5) is 17.1 Å². The summed E-state index contributed by atoms with van der Waals surface area (Å²) in [5.41, 5.74) is 1.95. The second-order valence-electron chi connectivity index (χ2n) is 7.17. The largest absolute Gasteiger partial charge is 0.383 e. The number of nitrogens with zero attached hydrogens (tertiary/aromatic N) is 4. The van der Waals surface area contributed by atoms with Crippen molar-refractivity contribution in [2.45, 2.75) is 32.2 Å². The van der Waals surface area contributed by atoms with Gasteiger partial charge in [0.1, 0.15) is 11.5 Å². The number of rotatable bonds is 5. The second kappa shape index (κ2) is 8.32. The Morgan fingerprint density at radius 3 is 2.63 bits per heavy atom. The number of anilines is 2. The lowest BCUT2D eigenvalue weighted by Crippen LogP contribution is -2.12. The third-order valence-electron chi connectivity index (χ3n) is 5.24. The number of nitro groups is 1. The Morgan fingerprint density at radius 1 is 1.10 bits per heavy atom. The normalized spacial score (nSPS) is 13.2. The molecule has 30 heavy (non-hydrogen) atoms. The highest BCUT2D eigenvalue weighted by molar-refractivity contribution is 6.05. The fourth-order valence-corrected chi connectivity index (χ4v) is 3.64. The average molecular weight is 406 g/mol. The first-order valence-electron chi connectivity index (χ1n) is 9.87. The van der Waals surface area contributed by atoms with E-state index in [1.807, 2.05) is 12.1 Å². The zero-order valence-corrected chi connectivity index (χ0v) is 16.6. The zero-order valence-electron chi connectivity index (χ0n) is 16.6. The molecular weight excluding hydrogens is 384 g/mol. The maximum Gasteiger partial charge on any atom is 0.293 e. The van der Waals surface area contributed by atoms with Crippen LogP contribution in [0, 0.1) is 10.1 Å². The van der Waals surface area contributed by atoms with Gasteiger partial charge in [-0.2, -0.15) is 0 Å². The van der Waals surface area contributed by atoms with Crippen LogP contribution in [0.15, 0.2) is 42.5 Å². The van der Waals surface area contributed by atoms with E-state index in [-0.39, 0.29) is 11.3 Å². The summed E-state index contributed by atoms with van der Waals surface area (Å²) in [6.45, 7) is 0.914. The van der Waals surface area contributed by atoms with Gasteiger partial charge in [-0.05, 0) is 49.2 Å². The monoisotopic (exact) mass is 406 g/mol. The van der Waals surface area contributed by atoms with Gasteiger partial charge in [-0.25, -0.2) is 0 Å². The quantitative estimate of drug-likeness (QED) is 0.491. The summed E-state index contributed by atoms with van der Waals surface area (Å²) < 4.78 is 2.17. The summed E-state index contributed by atoms with van der Waals surface area (Å²) in [4.78, 5) is 23.2. The van der Waals surface area contributed by atoms with Crippen LogP contribution in [-0.4, -0.2) is 32.6 Å². The highest BCUT2D eigenvalue weighted by Crippen LogP contribution is 2.26. The number of benzene rings is 2. The van der Waals surface area contributed by atoms with Crippen molar-refractivity contribution < 1.29 is 9.72 Å². The lowest BCUT2D eigenvalue weighted by molar-refractivity contribution is -0.384. The minimum Gasteiger partial charge on any atom is -0.383 e. The fraction of sp³-hybridized carbons (Fsp3) is 0.286. The van der Waals surface area contributed by atoms with Crippen molar-refractivity contribution in [1.82, 2.24) is 14.8 Å². The smallest absolute Gasteiger partial charge is 0.293 e. The molecule has 0 radical (unpaired) electrons. The summed E-state index contributed by atoms with van der Waals surface area (Å²) in [7, 11) is 1.60. The lowest BCUT2D eigenvalue weighted by Gasteiger charge is -2.09. The number of nitro benzene ring substituents is 1. The molecule has 0 saturated heterocycles. The molecule has 2 aromatic carbocycles. The van der Waals surface area contributed by atoms with E-state index in [0.717, 1.165) is 43.0 Å². The van der Waals surface area contributed by atoms with Gasteiger partial charge in [-0.1, -0.05) is 6.42 Å². The standard InChI is InChI=1S/C21H22N6O3/c1-22-17-11-8-15(13-18(17)27(29)30)21(28)23-16-9-6-14(7-10-16)20-25-24-19-5-3-2-4-12-26(19)20/h6-11,13,22H,2-5,12H2,1H3,(H,23,28). The number of aromatic nitrogens is 3. The number of nitrogens with one attached hydrogen (secondary N) is 2. The van der Waals surface area contributed by atoms with Crippen molar-refractivity contribution in [3.8, 4) is 11.4 Å². The van der Waals surface area contributed by atoms with E-state index < -0.39 is 10.8 Å². The Kier molecular flexibility index (Phi) is 5.42. The molecule has 0 bridgehead atoms. The lowest BCUT2D eigenvalue weighted by atomic mass is 10.1. The number of hydrogen-bond acceptors (Lipinski definition) is 6. The summed E-state index contributed by atoms with van der Waals surface area (Å²) in [6, 6.07) is 11.7. The molecule has 1 aliphatic heterocycles. The minimum atomic E-state index is -0.515. The Morgan fingerprint density at radius 2 is 1.90 bits per heavy atom. The fourth-order valence-electron chi connectivity index (χ4n) is 3.64. The van der Waals surface area contributed by atoms with E-state index in [4.69, 9.17) is 0 Å². The van der Waals surface area contributed by atoms with Crippen LogP contribution in [0.25, 0.3) is 11.4 Å². The molecular formula is C21H22N6O3. The van der Waals surface area contributed by atoms with Crippen molar-refractivity contribution >= 4 is 23.0 Å². The molecule has 1 aliphatic rings. The van der Waals surface area contributed by atoms with Crippen molar-refractivity contribution in [1.29, 1.82) is 0 Å². The molecule has 0 unspecified atom stereocenters. The molecule has 0 aliphatic carbocycles. The Bertz CT molecular complexity index is 1090. The minimum absolute atomic E-state index is 0.145. The Balaban J connectivity index is 1.52. The molecule has 2 heterocycles. The van der Waals surface area contributed by atoms with Crippen molar-refractivity contribution in [2.75, 3.05) is 17.7 Å². The second-order valence-corrected chi connectivity index (χ2v) is 7.17. The maximum absolute atomic E-state index is 12.6. The van der Waals surface area contributed by atoms with Crippen molar-refractivity contribution in [3.05, 3.63) is 64.0 Å². The molecule has 9 heteroatoms. The summed E-state index contributed by atoms with van der Waals surface area (Å²) in [5, 5.41) is 25.4. The number of fused-ring (bicyclic) bond motifs is 1. The van der Waals surface area contributed by atoms with Gasteiger partial charge in [-0.3, -0.25) is 14.9 Å². The summed E-state index contributed by atoms with van der Waals surface area (Å²) in [5.74, 6) is 1.44. The number of carbonyl (C=O) groups is 1. The van der Waals surface area contributed by atoms with Crippen LogP contribution in [-0.2, 0) is 13.0 Å². The SMILES string of the molecule is CNc1ccc(C(=O)Nc2ccc(-c3nnc4n3CCCCC4)cc2)cc1[N+](=O)[O-]. The zero-order chi connectivity index (χ0) is 21.1. The average Bonchev–Trinajstić information content (AvgIpc) is 3.01. The van der Waals surface area contributed by atoms with Crippen LogP contribution < -0.4 is 10.6 Å². The van der Waals surface area contributed by atoms with E-state index in [9.17, 15) is 14.9 Å². The molecule has 0 fully saturated rings. The van der Waals surface area contributed by atoms with Crippen LogP contribution in [0.3, 0.4) is 0 Å². The molecule has 0 atom stereocenters. The van der Waals surface area contributed by atoms with Gasteiger partial charge in [0.05, 0.1) is 4.92 Å². The number of aryl methyl sites for hydroxylation is 1. The van der Waals surface area contributed by atoms with E-state index in [1.54, 1.807) is 25.2 Å². The first kappa shape index (κ1) is 19.6. The van der Waals surface area contributed by atoms with Crippen LogP contribution >= 0.6 is 0 Å². The van der Waals surface area contributed by atoms with Gasteiger partial charge in [0.25, 0.3) is 11.6 Å². The first-order chi connectivity index (χ1) is 14.6. The highest BCUT2D eigenvalue weighted by Gasteiger charge is 2.18. The molecule has 2 N–H and O–H groups in total. The molecule has 0 spiro atoms. The van der Waals surface area contributed by atoms with Gasteiger partial charge in [-0.15, -0.1) is 10.2 Å². The molecule has 3 aromatic rings. The van der Waals surface area contributed by atoms with Gasteiger partial charge in [0, 0.05) is 42.9 Å². The molecule has 154 valence electrons. The Hall–Kier alpha value is -3.75. The molecule has 0 saturated carbocycles. The third kappa shape index (κ3) is 3.86.